The molecule has 43 heavy (non-hydrogen) atoms. The van der Waals surface area contributed by atoms with Gasteiger partial charge in [-0.1, -0.05) is 81.4 Å². The predicted molar refractivity (Wildman–Crippen MR) is 168 cm³/mol. The van der Waals surface area contributed by atoms with Gasteiger partial charge in [0.2, 0.25) is 5.91 Å². The summed E-state index contributed by atoms with van der Waals surface area (Å²) in [5.41, 5.74) is 0.911. The molecule has 4 rings (SSSR count). The molecule has 2 amide bonds. The van der Waals surface area contributed by atoms with E-state index in [0.717, 1.165) is 11.1 Å². The molecule has 1 fully saturated rings. The van der Waals surface area contributed by atoms with Crippen LogP contribution >= 0.6 is 0 Å². The highest BCUT2D eigenvalue weighted by Gasteiger charge is 2.56. The van der Waals surface area contributed by atoms with Gasteiger partial charge in [-0.15, -0.1) is 0 Å². The number of ether oxygens (including phenoxy) is 2. The minimum Gasteiger partial charge on any atom is -0.489 e. The molecule has 1 aliphatic heterocycles. The number of carbonyl (C=O) groups is 2. The molecule has 0 radical (unpaired) electrons. The van der Waals surface area contributed by atoms with Crippen molar-refractivity contribution in [2.24, 2.45) is 0 Å². The topological polar surface area (TPSA) is 77.1 Å². The van der Waals surface area contributed by atoms with Crippen LogP contribution in [-0.4, -0.2) is 44.4 Å². The Labute approximate surface area is 255 Å². The van der Waals surface area contributed by atoms with E-state index in [1.165, 1.54) is 6.07 Å². The van der Waals surface area contributed by atoms with Crippen LogP contribution < -0.4 is 10.1 Å². The maximum Gasteiger partial charge on any atom is 0.411 e. The van der Waals surface area contributed by atoms with E-state index in [1.54, 1.807) is 42.3 Å². The molecule has 2 atom stereocenters. The van der Waals surface area contributed by atoms with E-state index in [-0.39, 0.29) is 36.6 Å². The number of benzene rings is 3. The van der Waals surface area contributed by atoms with Crippen LogP contribution in [0.15, 0.2) is 78.9 Å². The molecule has 0 bridgehead atoms. The number of amides is 2. The highest BCUT2D eigenvalue weighted by Crippen LogP contribution is 2.46. The molecule has 9 heteroatoms. The lowest BCUT2D eigenvalue weighted by Gasteiger charge is -2.43. The Morgan fingerprint density at radius 2 is 1.63 bits per heavy atom. The third-order valence-electron chi connectivity index (χ3n) is 8.75. The standard InChI is InChI=1S/C34H43FN2O5Si/c1-33(2,3)43(5,6)42-24-34(31(38)36-4)21-20-30(37(34)32(39)41-22-25-12-8-7-9-13-25)26-16-18-28(19-17-26)40-23-27-14-10-11-15-29(27)35/h7-19,30H,20-24H2,1-6H3,(H,36,38)/t30-,34-/m1/s1. The molecule has 230 valence electrons. The van der Waals surface area contributed by atoms with Gasteiger partial charge in [0.1, 0.15) is 30.3 Å². The molecule has 3 aromatic rings. The van der Waals surface area contributed by atoms with Crippen molar-refractivity contribution in [1.29, 1.82) is 0 Å². The number of likely N-dealkylation sites (N-methyl/N-ethyl adjacent to an activating group) is 1. The van der Waals surface area contributed by atoms with Crippen LogP contribution in [-0.2, 0) is 27.2 Å². The molecule has 3 aromatic carbocycles. The molecule has 0 spiro atoms. The molecule has 0 aliphatic carbocycles. The first-order valence-electron chi connectivity index (χ1n) is 14.7. The highest BCUT2D eigenvalue weighted by atomic mass is 28.4. The van der Waals surface area contributed by atoms with Gasteiger partial charge in [-0.2, -0.15) is 0 Å². The summed E-state index contributed by atoms with van der Waals surface area (Å²) in [4.78, 5) is 29.2. The van der Waals surface area contributed by atoms with Crippen LogP contribution in [0.2, 0.25) is 18.1 Å². The number of likely N-dealkylation sites (tertiary alicyclic amines) is 1. The second-order valence-corrected chi connectivity index (χ2v) is 17.4. The van der Waals surface area contributed by atoms with Crippen LogP contribution in [0.4, 0.5) is 9.18 Å². The number of nitrogens with one attached hydrogen (secondary N) is 1. The van der Waals surface area contributed by atoms with Crippen molar-refractivity contribution in [2.45, 2.75) is 76.5 Å². The summed E-state index contributed by atoms with van der Waals surface area (Å²) < 4.78 is 32.3. The van der Waals surface area contributed by atoms with Gasteiger partial charge in [0.15, 0.2) is 8.32 Å². The molecule has 7 nitrogen and oxygen atoms in total. The second-order valence-electron chi connectivity index (χ2n) is 12.6. The maximum absolute atomic E-state index is 14.0. The molecule has 0 saturated carbocycles. The maximum atomic E-state index is 14.0. The molecule has 1 N–H and O–H groups in total. The van der Waals surface area contributed by atoms with Crippen LogP contribution in [0.5, 0.6) is 5.75 Å². The van der Waals surface area contributed by atoms with Gasteiger partial charge in [0.25, 0.3) is 0 Å². The summed E-state index contributed by atoms with van der Waals surface area (Å²) in [7, 11) is -0.683. The molecule has 1 heterocycles. The Hall–Kier alpha value is -3.69. The Kier molecular flexibility index (Phi) is 9.97. The number of nitrogens with zero attached hydrogens (tertiary/aromatic N) is 1. The minimum absolute atomic E-state index is 0.0734. The number of hydrogen-bond donors (Lipinski definition) is 1. The van der Waals surface area contributed by atoms with Crippen molar-refractivity contribution in [3.8, 4) is 5.75 Å². The zero-order valence-corrected chi connectivity index (χ0v) is 27.0. The van der Waals surface area contributed by atoms with Crippen LogP contribution in [0.1, 0.15) is 56.3 Å². The largest absolute Gasteiger partial charge is 0.489 e. The third kappa shape index (κ3) is 7.28. The Morgan fingerprint density at radius 3 is 2.26 bits per heavy atom. The fraction of sp³-hybridized carbons (Fsp3) is 0.412. The van der Waals surface area contributed by atoms with Gasteiger partial charge in [-0.05, 0) is 60.3 Å². The quantitative estimate of drug-likeness (QED) is 0.244. The van der Waals surface area contributed by atoms with E-state index >= 15 is 0 Å². The SMILES string of the molecule is CNC(=O)[C@]1(CO[Si](C)(C)C(C)(C)C)CC[C@H](c2ccc(OCc3ccccc3F)cc2)N1C(=O)OCc1ccccc1. The monoisotopic (exact) mass is 606 g/mol. The van der Waals surface area contributed by atoms with Gasteiger partial charge in [-0.3, -0.25) is 9.69 Å². The lowest BCUT2D eigenvalue weighted by atomic mass is 9.96. The van der Waals surface area contributed by atoms with Gasteiger partial charge < -0.3 is 19.2 Å². The second kappa shape index (κ2) is 13.3. The summed E-state index contributed by atoms with van der Waals surface area (Å²) in [6.45, 7) is 10.9. The zero-order valence-electron chi connectivity index (χ0n) is 26.0. The Morgan fingerprint density at radius 1 is 0.977 bits per heavy atom. The van der Waals surface area contributed by atoms with E-state index in [0.29, 0.717) is 24.2 Å². The van der Waals surface area contributed by atoms with Crippen LogP contribution in [0.3, 0.4) is 0 Å². The summed E-state index contributed by atoms with van der Waals surface area (Å²) in [6, 6.07) is 22.9. The van der Waals surface area contributed by atoms with Gasteiger partial charge in [-0.25, -0.2) is 9.18 Å². The summed E-state index contributed by atoms with van der Waals surface area (Å²) in [5, 5.41) is 2.72. The van der Waals surface area contributed by atoms with Crippen LogP contribution in [0, 0.1) is 5.82 Å². The highest BCUT2D eigenvalue weighted by molar-refractivity contribution is 6.74. The van der Waals surface area contributed by atoms with Gasteiger partial charge >= 0.3 is 6.09 Å². The lowest BCUT2D eigenvalue weighted by molar-refractivity contribution is -0.133. The molecule has 1 saturated heterocycles. The van der Waals surface area contributed by atoms with Crippen molar-refractivity contribution in [3.63, 3.8) is 0 Å². The number of rotatable bonds is 10. The minimum atomic E-state index is -2.27. The fourth-order valence-corrected chi connectivity index (χ4v) is 6.10. The average molecular weight is 607 g/mol. The van der Waals surface area contributed by atoms with E-state index in [4.69, 9.17) is 13.9 Å². The van der Waals surface area contributed by atoms with E-state index in [2.05, 4.69) is 39.2 Å². The predicted octanol–water partition coefficient (Wildman–Crippen LogP) is 7.39. The fourth-order valence-electron chi connectivity index (χ4n) is 5.07. The zero-order chi connectivity index (χ0) is 31.3. The normalized spacial score (nSPS) is 18.8. The number of halogens is 1. The lowest BCUT2D eigenvalue weighted by Crippen LogP contribution is -2.61. The molecule has 1 aliphatic rings. The summed E-state index contributed by atoms with van der Waals surface area (Å²) >= 11 is 0. The smallest absolute Gasteiger partial charge is 0.411 e. The molecule has 0 unspecified atom stereocenters. The number of hydrogen-bond acceptors (Lipinski definition) is 5. The third-order valence-corrected chi connectivity index (χ3v) is 13.2. The van der Waals surface area contributed by atoms with E-state index in [1.807, 2.05) is 42.5 Å². The van der Waals surface area contributed by atoms with Crippen molar-refractivity contribution < 1.29 is 27.9 Å². The first kappa shape index (κ1) is 32.2. The van der Waals surface area contributed by atoms with Crippen LogP contribution in [0.25, 0.3) is 0 Å². The van der Waals surface area contributed by atoms with Crippen molar-refractivity contribution in [3.05, 3.63) is 101 Å². The van der Waals surface area contributed by atoms with Crippen molar-refractivity contribution in [2.75, 3.05) is 13.7 Å². The first-order valence-corrected chi connectivity index (χ1v) is 17.6. The first-order chi connectivity index (χ1) is 20.4. The van der Waals surface area contributed by atoms with E-state index < -0.39 is 26.0 Å². The summed E-state index contributed by atoms with van der Waals surface area (Å²) in [6.07, 6.45) is 0.385. The molecule has 0 aromatic heterocycles. The molecular formula is C34H43FN2O5Si. The van der Waals surface area contributed by atoms with Gasteiger partial charge in [0.05, 0.1) is 12.6 Å². The average Bonchev–Trinajstić information content (AvgIpc) is 3.39. The van der Waals surface area contributed by atoms with Crippen molar-refractivity contribution in [1.82, 2.24) is 10.2 Å². The van der Waals surface area contributed by atoms with E-state index in [9.17, 15) is 14.0 Å². The van der Waals surface area contributed by atoms with Gasteiger partial charge in [0, 0.05) is 12.6 Å². The van der Waals surface area contributed by atoms with Crippen molar-refractivity contribution >= 4 is 20.3 Å². The number of carbonyl (C=O) groups excluding carboxylic acids is 2. The summed E-state index contributed by atoms with van der Waals surface area (Å²) in [5.74, 6) is -0.0302. The Balaban J connectivity index is 1.62. The molecular weight excluding hydrogens is 563 g/mol. The Bertz CT molecular complexity index is 1390.